The molecule has 0 heterocycles. The van der Waals surface area contributed by atoms with Crippen molar-refractivity contribution in [2.75, 3.05) is 0 Å². The van der Waals surface area contributed by atoms with Gasteiger partial charge in [0.1, 0.15) is 0 Å². The summed E-state index contributed by atoms with van der Waals surface area (Å²) in [5, 5.41) is 0. The fourth-order valence-electron chi connectivity index (χ4n) is 2.04. The van der Waals surface area contributed by atoms with Crippen LogP contribution in [0.15, 0.2) is 0 Å². The van der Waals surface area contributed by atoms with E-state index in [0.717, 1.165) is 0 Å². The van der Waals surface area contributed by atoms with Crippen LogP contribution in [0.25, 0.3) is 0 Å². The zero-order valence-electron chi connectivity index (χ0n) is 25.6. The zero-order valence-corrected chi connectivity index (χ0v) is 36.5. The predicted molar refractivity (Wildman–Crippen MR) is 154 cm³/mol. The van der Waals surface area contributed by atoms with Gasteiger partial charge in [-0.2, -0.15) is 0 Å². The van der Waals surface area contributed by atoms with Crippen LogP contribution in [0.3, 0.4) is 0 Å². The van der Waals surface area contributed by atoms with E-state index < -0.39 is 58.9 Å². The van der Waals surface area contributed by atoms with Gasteiger partial charge in [0.2, 0.25) is 9.76 Å². The summed E-state index contributed by atoms with van der Waals surface area (Å²) in [4.78, 5) is 37.5. The molecular weight excluding hydrogens is 687 g/mol. The van der Waals surface area contributed by atoms with Crippen LogP contribution in [0.5, 0.6) is 0 Å². The van der Waals surface area contributed by atoms with Gasteiger partial charge in [-0.15, -0.1) is 0 Å². The van der Waals surface area contributed by atoms with E-state index in [9.17, 15) is 9.59 Å². The second kappa shape index (κ2) is 25.8. The third-order valence-electron chi connectivity index (χ3n) is 3.06. The molecule has 13 nitrogen and oxygen atoms in total. The molecule has 39 heavy (non-hydrogen) atoms. The van der Waals surface area contributed by atoms with E-state index in [0.29, 0.717) is 5.54 Å². The molecular formula is C18H53AlO13Si5Ti2. The van der Waals surface area contributed by atoms with E-state index in [4.69, 9.17) is 46.3 Å². The molecule has 0 unspecified atom stereocenters. The number of hydrogen-bond donors (Lipinski definition) is 3. The summed E-state index contributed by atoms with van der Waals surface area (Å²) >= 11 is -3.04. The Balaban J connectivity index is -0.000000796. The van der Waals surface area contributed by atoms with Gasteiger partial charge < -0.3 is 55.9 Å². The van der Waals surface area contributed by atoms with Gasteiger partial charge in [0.25, 0.3) is 10.0 Å². The Kier molecular flexibility index (Phi) is 32.1. The van der Waals surface area contributed by atoms with Crippen molar-refractivity contribution < 1.29 is 99.3 Å². The summed E-state index contributed by atoms with van der Waals surface area (Å²) in [5.41, 5.74) is 0.468. The molecule has 0 amide bonds. The predicted octanol–water partition coefficient (Wildman–Crippen LogP) is -0.923. The molecule has 0 saturated heterocycles. The third kappa shape index (κ3) is 30.3. The van der Waals surface area contributed by atoms with Crippen molar-refractivity contribution in [1.29, 1.82) is 0 Å². The van der Waals surface area contributed by atoms with Gasteiger partial charge in [-0.1, -0.05) is 13.8 Å². The molecule has 5 N–H and O–H groups in total. The molecule has 0 saturated carbocycles. The normalized spacial score (nSPS) is 14.5. The van der Waals surface area contributed by atoms with E-state index >= 15 is 0 Å². The van der Waals surface area contributed by atoms with Crippen molar-refractivity contribution in [3.63, 3.8) is 0 Å². The number of hydrogen-bond acceptors (Lipinski definition) is 12. The molecule has 0 aromatic carbocycles. The second-order valence-corrected chi connectivity index (χ2v) is 19.5. The van der Waals surface area contributed by atoms with Crippen molar-refractivity contribution in [2.45, 2.75) is 119 Å². The minimum atomic E-state index is -4.13. The van der Waals surface area contributed by atoms with Gasteiger partial charge >= 0.3 is 86.2 Å². The average molecular weight is 741 g/mol. The monoisotopic (exact) mass is 740 g/mol. The quantitative estimate of drug-likeness (QED) is 0.110. The van der Waals surface area contributed by atoms with Gasteiger partial charge in [-0.3, -0.25) is 0 Å². The van der Waals surface area contributed by atoms with Gasteiger partial charge in [0.05, 0.1) is 6.10 Å². The molecule has 0 aliphatic rings. The number of rotatable bonds is 19. The van der Waals surface area contributed by atoms with Crippen LogP contribution in [0.1, 0.15) is 83.1 Å². The Morgan fingerprint density at radius 3 is 1.56 bits per heavy atom. The standard InChI is InChI=1S/C6H17O6Si2.C6H16O5Si2.C3H8OSi.C3H7O.Al.2Ti.4H/c1-5(2)10-13(7)12-14(8,9)11-6(3)4;1-5(2)9-13(8,11-12-7)10-6(3)4;1-3(2)5-4;1-3(2)4;;;;;;;/h5-8,13H,1-4H3;5-6,8,12H,1-4H3;3-4H,1-2H3;3H,1-2H3;;;;;;;/q2*-1;;-1;+2;;;;;;/p+1/t13-,14+;;;;;;;;;;/m1........../s1. The molecule has 2 atom stereocenters. The molecule has 0 spiro atoms. The van der Waals surface area contributed by atoms with Gasteiger partial charge in [-0.05, 0) is 80.9 Å². The van der Waals surface area contributed by atoms with Crippen molar-refractivity contribution >= 4 is 62.5 Å². The molecule has 4 radical (unpaired) electrons. The molecule has 0 aromatic rings. The fourth-order valence-corrected chi connectivity index (χ4v) is 11.5. The molecule has 0 aliphatic carbocycles. The first kappa shape index (κ1) is 48.4. The third-order valence-corrected chi connectivity index (χ3v) is 14.4. The topological polar surface area (TPSA) is 167 Å². The van der Waals surface area contributed by atoms with Crippen LogP contribution in [0.4, 0.5) is 0 Å². The molecule has 21 heteroatoms. The summed E-state index contributed by atoms with van der Waals surface area (Å²) in [7, 11) is -12.5. The van der Waals surface area contributed by atoms with Gasteiger partial charge in [0.15, 0.2) is 0 Å². The van der Waals surface area contributed by atoms with Crippen LogP contribution < -0.4 is 0 Å². The Morgan fingerprint density at radius 2 is 1.23 bits per heavy atom. The first-order chi connectivity index (χ1) is 16.8. The SMILES string of the molecule is CC(C)[O][Al-]([O][SiH]O[Si](O)(OC(C)C)OC(C)C)[O][Si@@]([OH2+])(OC(C)C)O[Si@H](O)OC(C)C.CC(C)[Si]O.[TiH2].[TiH2]. The minimum absolute atomic E-state index is 0. The van der Waals surface area contributed by atoms with E-state index in [-0.39, 0.29) is 77.6 Å². The van der Waals surface area contributed by atoms with Crippen molar-refractivity contribution in [1.82, 2.24) is 0 Å². The maximum absolute atomic E-state index is 10.6. The fraction of sp³-hybridized carbons (Fsp3) is 1.00. The Morgan fingerprint density at radius 1 is 0.795 bits per heavy atom. The Hall–Kier alpha value is 2.53. The molecule has 0 rings (SSSR count). The first-order valence-electron chi connectivity index (χ1n) is 12.2. The summed E-state index contributed by atoms with van der Waals surface area (Å²) < 4.78 is 49.7. The summed E-state index contributed by atoms with van der Waals surface area (Å²) in [5.74, 6) is 0. The van der Waals surface area contributed by atoms with E-state index in [2.05, 4.69) is 0 Å². The Bertz CT molecular complexity index is 567. The molecule has 0 aromatic heterocycles. The van der Waals surface area contributed by atoms with Crippen LogP contribution in [-0.4, -0.2) is 112 Å². The molecule has 0 bridgehead atoms. The second-order valence-electron chi connectivity index (χ2n) is 9.41. The Labute approximate surface area is 279 Å². The van der Waals surface area contributed by atoms with E-state index in [1.54, 1.807) is 69.2 Å². The van der Waals surface area contributed by atoms with Crippen molar-refractivity contribution in [3.8, 4) is 0 Å². The summed E-state index contributed by atoms with van der Waals surface area (Å²) in [6, 6.07) is 0. The molecule has 0 aliphatic heterocycles. The van der Waals surface area contributed by atoms with Gasteiger partial charge in [0, 0.05) is 18.3 Å². The molecule has 234 valence electrons. The van der Waals surface area contributed by atoms with Crippen LogP contribution in [0.2, 0.25) is 5.54 Å². The first-order valence-corrected chi connectivity index (χ1v) is 20.5. The maximum atomic E-state index is 10.6. The van der Waals surface area contributed by atoms with Crippen LogP contribution >= 0.6 is 0 Å². The summed E-state index contributed by atoms with van der Waals surface area (Å²) in [6.07, 6.45) is -1.63. The summed E-state index contributed by atoms with van der Waals surface area (Å²) in [6.45, 7) is 21.4. The van der Waals surface area contributed by atoms with Gasteiger partial charge in [-0.25, -0.2) is 0 Å². The van der Waals surface area contributed by atoms with Crippen molar-refractivity contribution in [2.24, 2.45) is 0 Å². The van der Waals surface area contributed by atoms with E-state index in [1.165, 1.54) is 0 Å². The van der Waals surface area contributed by atoms with Crippen LogP contribution in [-0.2, 0) is 80.1 Å². The van der Waals surface area contributed by atoms with Crippen LogP contribution in [0, 0.1) is 0 Å². The molecule has 0 fully saturated rings. The average Bonchev–Trinajstić information content (AvgIpc) is 2.64. The zero-order chi connectivity index (χ0) is 29.4. The van der Waals surface area contributed by atoms with E-state index in [1.807, 2.05) is 13.8 Å². The van der Waals surface area contributed by atoms with Crippen molar-refractivity contribution in [3.05, 3.63) is 0 Å².